The van der Waals surface area contributed by atoms with Gasteiger partial charge < -0.3 is 0 Å². The molecule has 50 valence electrons. The third-order valence-electron chi connectivity index (χ3n) is 1.14. The van der Waals surface area contributed by atoms with Crippen LogP contribution in [0.5, 0.6) is 0 Å². The first kappa shape index (κ1) is 7.48. The molecule has 0 radical (unpaired) electrons. The summed E-state index contributed by atoms with van der Waals surface area (Å²) in [5.41, 5.74) is 1.54. The van der Waals surface area contributed by atoms with Crippen LogP contribution in [0.4, 0.5) is 0 Å². The van der Waals surface area contributed by atoms with Crippen LogP contribution >= 0.6 is 22.6 Å². The molecule has 1 aromatic rings. The third kappa shape index (κ3) is 1.45. The van der Waals surface area contributed by atoms with Crippen LogP contribution in [0, 0.1) is 11.3 Å². The second-order valence-electron chi connectivity index (χ2n) is 1.74. The number of hydrogen-bond donors (Lipinski definition) is 0. The molecular weight excluding hydrogens is 239 g/mol. The maximum atomic E-state index is 8.56. The van der Waals surface area contributed by atoms with E-state index in [0.717, 1.165) is 10.1 Å². The van der Waals surface area contributed by atoms with Gasteiger partial charge in [0, 0.05) is 10.6 Å². The number of pyridine rings is 1. The van der Waals surface area contributed by atoms with Crippen molar-refractivity contribution in [1.82, 2.24) is 4.98 Å². The molecule has 0 N–H and O–H groups in total. The summed E-state index contributed by atoms with van der Waals surface area (Å²) in [7, 11) is 0. The number of hydrogen-bond acceptors (Lipinski definition) is 2. The molecule has 0 unspecified atom stereocenters. The Labute approximate surface area is 73.0 Å². The van der Waals surface area contributed by atoms with Gasteiger partial charge in [-0.1, -0.05) is 22.6 Å². The minimum absolute atomic E-state index is 0.678. The summed E-state index contributed by atoms with van der Waals surface area (Å²) in [6.07, 6.45) is 1.70. The van der Waals surface area contributed by atoms with Crippen LogP contribution in [0.3, 0.4) is 0 Å². The van der Waals surface area contributed by atoms with E-state index >= 15 is 0 Å². The summed E-state index contributed by atoms with van der Waals surface area (Å²) in [4.78, 5) is 4.04. The molecule has 1 rings (SSSR count). The van der Waals surface area contributed by atoms with Crippen molar-refractivity contribution in [2.75, 3.05) is 0 Å². The maximum Gasteiger partial charge on any atom is 0.101 e. The van der Waals surface area contributed by atoms with Gasteiger partial charge in [-0.2, -0.15) is 5.26 Å². The van der Waals surface area contributed by atoms with E-state index < -0.39 is 0 Å². The summed E-state index contributed by atoms with van der Waals surface area (Å²) in [5, 5.41) is 8.56. The van der Waals surface area contributed by atoms with Crippen LogP contribution < -0.4 is 0 Å². The zero-order valence-electron chi connectivity index (χ0n) is 5.21. The van der Waals surface area contributed by atoms with Gasteiger partial charge in [0.05, 0.1) is 11.3 Å². The summed E-state index contributed by atoms with van der Waals surface area (Å²) in [6.45, 7) is 0. The molecule has 0 spiro atoms. The van der Waals surface area contributed by atoms with E-state index in [1.54, 1.807) is 18.3 Å². The minimum Gasteiger partial charge on any atom is -0.259 e. The highest BCUT2D eigenvalue weighted by atomic mass is 127. The molecule has 0 aliphatic rings. The van der Waals surface area contributed by atoms with Crippen molar-refractivity contribution in [1.29, 1.82) is 5.26 Å². The molecule has 2 nitrogen and oxygen atoms in total. The van der Waals surface area contributed by atoms with E-state index in [0.29, 0.717) is 5.56 Å². The summed E-state index contributed by atoms with van der Waals surface area (Å²) in [6, 6.07) is 5.63. The standard InChI is InChI=1S/C7H5IN2/c8-4-7-6(5-9)2-1-3-10-7/h1-3H,4H2. The smallest absolute Gasteiger partial charge is 0.101 e. The lowest BCUT2D eigenvalue weighted by Crippen LogP contribution is -1.88. The van der Waals surface area contributed by atoms with Crippen molar-refractivity contribution in [3.8, 4) is 6.07 Å². The average molecular weight is 244 g/mol. The van der Waals surface area contributed by atoms with Crippen molar-refractivity contribution in [3.63, 3.8) is 0 Å². The molecule has 1 aromatic heterocycles. The molecule has 0 saturated heterocycles. The van der Waals surface area contributed by atoms with E-state index in [2.05, 4.69) is 33.6 Å². The predicted molar refractivity (Wildman–Crippen MR) is 46.7 cm³/mol. The van der Waals surface area contributed by atoms with Crippen molar-refractivity contribution in [2.45, 2.75) is 4.43 Å². The van der Waals surface area contributed by atoms with Crippen LogP contribution in [-0.4, -0.2) is 4.98 Å². The number of halogens is 1. The topological polar surface area (TPSA) is 36.7 Å². The van der Waals surface area contributed by atoms with Gasteiger partial charge in [-0.05, 0) is 12.1 Å². The monoisotopic (exact) mass is 244 g/mol. The van der Waals surface area contributed by atoms with Crippen molar-refractivity contribution in [3.05, 3.63) is 29.6 Å². The van der Waals surface area contributed by atoms with Gasteiger partial charge in [0.15, 0.2) is 0 Å². The van der Waals surface area contributed by atoms with Crippen LogP contribution in [0.25, 0.3) is 0 Å². The van der Waals surface area contributed by atoms with Gasteiger partial charge in [-0.25, -0.2) is 0 Å². The van der Waals surface area contributed by atoms with Crippen molar-refractivity contribution in [2.24, 2.45) is 0 Å². The van der Waals surface area contributed by atoms with E-state index in [9.17, 15) is 0 Å². The molecule has 0 saturated carbocycles. The first-order chi connectivity index (χ1) is 4.88. The largest absolute Gasteiger partial charge is 0.259 e. The zero-order valence-corrected chi connectivity index (χ0v) is 7.37. The summed E-state index contributed by atoms with van der Waals surface area (Å²) >= 11 is 2.19. The lowest BCUT2D eigenvalue weighted by molar-refractivity contribution is 1.17. The fraction of sp³-hybridized carbons (Fsp3) is 0.143. The lowest BCUT2D eigenvalue weighted by Gasteiger charge is -1.93. The summed E-state index contributed by atoms with van der Waals surface area (Å²) in [5.74, 6) is 0. The highest BCUT2D eigenvalue weighted by Gasteiger charge is 1.97. The molecule has 0 atom stereocenters. The molecule has 0 bridgehead atoms. The fourth-order valence-corrected chi connectivity index (χ4v) is 1.25. The fourth-order valence-electron chi connectivity index (χ4n) is 0.646. The molecular formula is C7H5IN2. The van der Waals surface area contributed by atoms with Gasteiger partial charge in [-0.15, -0.1) is 0 Å². The van der Waals surface area contributed by atoms with E-state index in [-0.39, 0.29) is 0 Å². The van der Waals surface area contributed by atoms with E-state index in [4.69, 9.17) is 5.26 Å². The Morgan fingerprint density at radius 2 is 2.50 bits per heavy atom. The Hall–Kier alpha value is -0.630. The molecule has 1 heterocycles. The Bertz CT molecular complexity index is 265. The van der Waals surface area contributed by atoms with Gasteiger partial charge in [0.25, 0.3) is 0 Å². The second-order valence-corrected chi connectivity index (χ2v) is 2.51. The molecule has 0 fully saturated rings. The Balaban J connectivity index is 3.12. The van der Waals surface area contributed by atoms with Gasteiger partial charge in [-0.3, -0.25) is 4.98 Å². The molecule has 10 heavy (non-hydrogen) atoms. The molecule has 0 amide bonds. The second kappa shape index (κ2) is 3.52. The number of nitriles is 1. The van der Waals surface area contributed by atoms with E-state index in [1.807, 2.05) is 0 Å². The van der Waals surface area contributed by atoms with Crippen molar-refractivity contribution >= 4 is 22.6 Å². The minimum atomic E-state index is 0.678. The normalized spacial score (nSPS) is 8.80. The van der Waals surface area contributed by atoms with E-state index in [1.165, 1.54) is 0 Å². The summed E-state index contributed by atoms with van der Waals surface area (Å²) < 4.78 is 0.793. The van der Waals surface area contributed by atoms with Gasteiger partial charge in [0.1, 0.15) is 6.07 Å². The van der Waals surface area contributed by atoms with Crippen LogP contribution in [0.2, 0.25) is 0 Å². The average Bonchev–Trinajstić information content (AvgIpc) is 2.04. The lowest BCUT2D eigenvalue weighted by atomic mass is 10.2. The number of nitrogens with zero attached hydrogens (tertiary/aromatic N) is 2. The maximum absolute atomic E-state index is 8.56. The van der Waals surface area contributed by atoms with Crippen LogP contribution in [-0.2, 0) is 4.43 Å². The third-order valence-corrected chi connectivity index (χ3v) is 1.86. The first-order valence-electron chi connectivity index (χ1n) is 2.78. The van der Waals surface area contributed by atoms with Crippen LogP contribution in [0.1, 0.15) is 11.3 Å². The Morgan fingerprint density at radius 1 is 1.70 bits per heavy atom. The zero-order chi connectivity index (χ0) is 7.40. The van der Waals surface area contributed by atoms with Gasteiger partial charge in [0.2, 0.25) is 0 Å². The Morgan fingerprint density at radius 3 is 3.00 bits per heavy atom. The number of alkyl halides is 1. The SMILES string of the molecule is N#Cc1cccnc1CI. The molecule has 3 heteroatoms. The predicted octanol–water partition coefficient (Wildman–Crippen LogP) is 1.89. The number of rotatable bonds is 1. The first-order valence-corrected chi connectivity index (χ1v) is 4.31. The molecule has 0 aliphatic carbocycles. The number of aromatic nitrogens is 1. The highest BCUT2D eigenvalue weighted by Crippen LogP contribution is 2.07. The quantitative estimate of drug-likeness (QED) is 0.558. The van der Waals surface area contributed by atoms with Crippen LogP contribution in [0.15, 0.2) is 18.3 Å². The van der Waals surface area contributed by atoms with Gasteiger partial charge >= 0.3 is 0 Å². The molecule has 0 aromatic carbocycles. The van der Waals surface area contributed by atoms with Crippen molar-refractivity contribution < 1.29 is 0 Å². The Kier molecular flexibility index (Phi) is 2.63. The molecule has 0 aliphatic heterocycles. The highest BCUT2D eigenvalue weighted by molar-refractivity contribution is 14.1.